The molecule has 2 aliphatic rings. The number of fused-ring (bicyclic) bond motifs is 4. The molecule has 508 valence electrons. The number of anilines is 9. The highest BCUT2D eigenvalue weighted by atomic mass is 28.3. The zero-order valence-electron chi connectivity index (χ0n) is 59.6. The van der Waals surface area contributed by atoms with Gasteiger partial charge in [-0.2, -0.15) is 0 Å². The van der Waals surface area contributed by atoms with Gasteiger partial charge in [0, 0.05) is 45.5 Å². The Morgan fingerprint density at radius 2 is 0.472 bits per heavy atom. The molecule has 0 saturated carbocycles. The highest BCUT2D eigenvalue weighted by Gasteiger charge is 2.53. The Morgan fingerprint density at radius 1 is 0.194 bits per heavy atom. The average molecular weight is 1410 g/mol. The van der Waals surface area contributed by atoms with E-state index in [1.54, 1.807) is 0 Å². The lowest BCUT2D eigenvalue weighted by Crippen LogP contribution is -2.82. The summed E-state index contributed by atoms with van der Waals surface area (Å²) in [5.74, 6) is 0. The van der Waals surface area contributed by atoms with Crippen molar-refractivity contribution in [2.45, 2.75) is 0 Å². The summed E-state index contributed by atoms with van der Waals surface area (Å²) in [4.78, 5) is 7.85. The van der Waals surface area contributed by atoms with Gasteiger partial charge >= 0.3 is 0 Å². The molecule has 0 radical (unpaired) electrons. The van der Waals surface area contributed by atoms with Crippen molar-refractivity contribution in [1.29, 1.82) is 0 Å². The van der Waals surface area contributed by atoms with Crippen molar-refractivity contribution < 1.29 is 0 Å². The van der Waals surface area contributed by atoms with Crippen LogP contribution in [0.4, 0.5) is 51.2 Å². The van der Waals surface area contributed by atoms with E-state index in [4.69, 9.17) is 0 Å². The van der Waals surface area contributed by atoms with Crippen LogP contribution in [-0.2, 0) is 0 Å². The van der Waals surface area contributed by atoms with Crippen LogP contribution in [0.1, 0.15) is 0 Å². The van der Waals surface area contributed by atoms with Crippen molar-refractivity contribution in [3.8, 4) is 44.5 Å². The minimum atomic E-state index is -3.66. The second kappa shape index (κ2) is 28.3. The lowest BCUT2D eigenvalue weighted by atomic mass is 9.33. The van der Waals surface area contributed by atoms with Gasteiger partial charge in [0.1, 0.15) is 0 Å². The first-order valence-electron chi connectivity index (χ1n) is 37.4. The van der Waals surface area contributed by atoms with Gasteiger partial charge in [-0.1, -0.05) is 364 Å². The van der Waals surface area contributed by atoms with E-state index in [0.29, 0.717) is 0 Å². The minimum Gasteiger partial charge on any atom is -0.311 e. The van der Waals surface area contributed by atoms with Gasteiger partial charge in [0.25, 0.3) is 6.71 Å². The quantitative estimate of drug-likeness (QED) is 0.0664. The maximum Gasteiger partial charge on any atom is 0.252 e. The molecule has 0 aromatic heterocycles. The summed E-state index contributed by atoms with van der Waals surface area (Å²) in [6.07, 6.45) is 0. The molecule has 0 fully saturated rings. The van der Waals surface area contributed by atoms with Gasteiger partial charge in [0.15, 0.2) is 16.1 Å². The molecule has 2 heterocycles. The molecule has 17 aromatic carbocycles. The fourth-order valence-electron chi connectivity index (χ4n) is 17.6. The SMILES string of the molecule is c1ccc(-c2cc(-c3ccccc3)cc(N3c4ccccc4B4c5c3cc(N(c3ccccc3)c3ccccc3)cc5N(c3cc(-c5ccccc5)cc(-c5ccccc5)c3)c3cc([Si](c5ccccc5)(c5ccccc5)c5ccccc5)cc([Si](c5ccccc5)(c5ccccc5)c5ccccc5)c34)c2)cc1. The normalized spacial score (nSPS) is 12.2. The predicted molar refractivity (Wildman–Crippen MR) is 464 cm³/mol. The van der Waals surface area contributed by atoms with E-state index in [-0.39, 0.29) is 6.71 Å². The van der Waals surface area contributed by atoms with E-state index in [1.807, 2.05) is 0 Å². The Morgan fingerprint density at radius 3 is 0.815 bits per heavy atom. The second-order valence-corrected chi connectivity index (χ2v) is 35.8. The van der Waals surface area contributed by atoms with Gasteiger partial charge in [-0.25, -0.2) is 0 Å². The largest absolute Gasteiger partial charge is 0.311 e. The molecular formula is C102H74BN3Si2. The van der Waals surface area contributed by atoms with Crippen LogP contribution in [-0.4, -0.2) is 22.9 Å². The second-order valence-electron chi connectivity index (χ2n) is 28.2. The van der Waals surface area contributed by atoms with Crippen molar-refractivity contribution in [2.75, 3.05) is 14.7 Å². The number of hydrogen-bond acceptors (Lipinski definition) is 3. The number of para-hydroxylation sites is 3. The number of rotatable bonds is 17. The minimum absolute atomic E-state index is 0.352. The van der Waals surface area contributed by atoms with Gasteiger partial charge in [-0.15, -0.1) is 0 Å². The van der Waals surface area contributed by atoms with Crippen LogP contribution in [0.3, 0.4) is 0 Å². The van der Waals surface area contributed by atoms with Crippen LogP contribution in [0, 0.1) is 0 Å². The molecule has 0 N–H and O–H groups in total. The molecule has 17 aromatic rings. The third-order valence-electron chi connectivity index (χ3n) is 22.2. The molecule has 0 unspecified atom stereocenters. The molecule has 108 heavy (non-hydrogen) atoms. The lowest BCUT2D eigenvalue weighted by Gasteiger charge is -2.48. The summed E-state index contributed by atoms with van der Waals surface area (Å²) in [7, 11) is -7.14. The molecule has 3 nitrogen and oxygen atoms in total. The Bertz CT molecular complexity index is 5680. The van der Waals surface area contributed by atoms with Crippen LogP contribution in [0.25, 0.3) is 44.5 Å². The molecule has 0 aliphatic carbocycles. The summed E-state index contributed by atoms with van der Waals surface area (Å²) >= 11 is 0. The summed E-state index contributed by atoms with van der Waals surface area (Å²) in [6, 6.07) is 170. The van der Waals surface area contributed by atoms with Gasteiger partial charge in [-0.3, -0.25) is 0 Å². The van der Waals surface area contributed by atoms with E-state index in [2.05, 4.69) is 464 Å². The van der Waals surface area contributed by atoms with Crippen LogP contribution in [0.2, 0.25) is 0 Å². The third kappa shape index (κ3) is 11.4. The van der Waals surface area contributed by atoms with Crippen LogP contribution in [0.15, 0.2) is 449 Å². The Kier molecular flexibility index (Phi) is 17.1. The Hall–Kier alpha value is -13.4. The van der Waals surface area contributed by atoms with Crippen LogP contribution in [0.5, 0.6) is 0 Å². The lowest BCUT2D eigenvalue weighted by molar-refractivity contribution is 1.23. The zero-order chi connectivity index (χ0) is 71.8. The maximum absolute atomic E-state index is 3.66. The van der Waals surface area contributed by atoms with Crippen molar-refractivity contribution in [3.05, 3.63) is 449 Å². The topological polar surface area (TPSA) is 9.72 Å². The van der Waals surface area contributed by atoms with E-state index < -0.39 is 16.1 Å². The van der Waals surface area contributed by atoms with Crippen molar-refractivity contribution >= 4 is 132 Å². The standard InChI is InChI=1S/C102H74BN3Si2/c1-13-39-75(40-14-1)79-65-80(76-41-15-2-16-42-76)68-85(67-79)105-96-64-38-37-63-95(96)103-101-97(105)71-87(104(83-47-21-5-22-48-83)84-49-23-6-24-50-84)72-98(101)106(86-69-81(77-43-17-3-18-44-77)66-82(70-86)78-45-19-4-20-46-78)99-73-94(107(88-51-25-7-26-52-88,89-53-27-8-28-54-89)90-55-29-9-30-56-90)74-100(102(99)103)108(91-57-31-10-32-58-91,92-59-33-11-34-60-92)93-61-35-12-36-62-93/h1-74H. The van der Waals surface area contributed by atoms with Crippen molar-refractivity contribution in [3.63, 3.8) is 0 Å². The summed E-state index contributed by atoms with van der Waals surface area (Å²) in [5, 5.41) is 10.4. The van der Waals surface area contributed by atoms with Crippen LogP contribution < -0.4 is 72.6 Å². The van der Waals surface area contributed by atoms with Gasteiger partial charge in [0.2, 0.25) is 0 Å². The molecule has 0 saturated heterocycles. The molecule has 0 atom stereocenters. The van der Waals surface area contributed by atoms with E-state index in [9.17, 15) is 0 Å². The molecule has 0 spiro atoms. The summed E-state index contributed by atoms with van der Waals surface area (Å²) < 4.78 is 0. The molecule has 2 aliphatic heterocycles. The van der Waals surface area contributed by atoms with Gasteiger partial charge < -0.3 is 14.7 Å². The molecule has 0 amide bonds. The zero-order valence-corrected chi connectivity index (χ0v) is 61.6. The van der Waals surface area contributed by atoms with Crippen LogP contribution >= 0.6 is 0 Å². The molecule has 6 heteroatoms. The maximum atomic E-state index is 2.79. The molecule has 0 bridgehead atoms. The number of nitrogens with zero attached hydrogens (tertiary/aromatic N) is 3. The van der Waals surface area contributed by atoms with Gasteiger partial charge in [-0.05, 0) is 187 Å². The fourth-order valence-corrected chi connectivity index (χ4v) is 27.6. The fraction of sp³-hybridized carbons (Fsp3) is 0. The first-order valence-corrected chi connectivity index (χ1v) is 41.4. The first-order chi connectivity index (χ1) is 53.6. The predicted octanol–water partition coefficient (Wildman–Crippen LogP) is 18.7. The monoisotopic (exact) mass is 1410 g/mol. The van der Waals surface area contributed by atoms with E-state index >= 15 is 0 Å². The molecular weight excluding hydrogens is 1330 g/mol. The smallest absolute Gasteiger partial charge is 0.252 e. The van der Waals surface area contributed by atoms with Gasteiger partial charge in [0.05, 0.1) is 5.69 Å². The highest BCUT2D eigenvalue weighted by molar-refractivity contribution is 7.24. The third-order valence-corrected chi connectivity index (χ3v) is 31.8. The Labute approximate surface area is 635 Å². The van der Waals surface area contributed by atoms with Crippen molar-refractivity contribution in [2.24, 2.45) is 0 Å². The number of benzene rings is 17. The first kappa shape index (κ1) is 65.4. The average Bonchev–Trinajstić information content (AvgIpc) is 0.675. The van der Waals surface area contributed by atoms with E-state index in [0.717, 1.165) is 95.7 Å². The van der Waals surface area contributed by atoms with Crippen molar-refractivity contribution in [1.82, 2.24) is 0 Å². The molecule has 19 rings (SSSR count). The Balaban J connectivity index is 1.06. The summed E-state index contributed by atoms with van der Waals surface area (Å²) in [5.41, 5.74) is 22.4. The van der Waals surface area contributed by atoms with E-state index in [1.165, 1.54) is 57.9 Å². The summed E-state index contributed by atoms with van der Waals surface area (Å²) in [6.45, 7) is -0.352. The highest BCUT2D eigenvalue weighted by Crippen LogP contribution is 2.50. The number of hydrogen-bond donors (Lipinski definition) is 0.